The summed E-state index contributed by atoms with van der Waals surface area (Å²) in [6, 6.07) is 14.8. The molecule has 0 radical (unpaired) electrons. The molecule has 158 valence electrons. The highest BCUT2D eigenvalue weighted by Gasteiger charge is 2.28. The minimum atomic E-state index is -0.591. The van der Waals surface area contributed by atoms with Crippen LogP contribution in [-0.4, -0.2) is 60.1 Å². The molecule has 4 rings (SSSR count). The minimum Gasteiger partial charge on any atom is -0.497 e. The van der Waals surface area contributed by atoms with Crippen LogP contribution in [0.2, 0.25) is 0 Å². The van der Waals surface area contributed by atoms with Crippen LogP contribution in [-0.2, 0) is 11.2 Å². The number of nitrogens with zero attached hydrogens (tertiary/aromatic N) is 3. The van der Waals surface area contributed by atoms with Crippen LogP contribution in [0.25, 0.3) is 11.1 Å². The van der Waals surface area contributed by atoms with Gasteiger partial charge in [0.1, 0.15) is 11.8 Å². The molecule has 0 spiro atoms. The fraction of sp³-hybridized carbons (Fsp3) is 0.391. The highest BCUT2D eigenvalue weighted by molar-refractivity contribution is 5.83. The smallest absolute Gasteiger partial charge is 0.420 e. The fourth-order valence-corrected chi connectivity index (χ4v) is 4.00. The lowest BCUT2D eigenvalue weighted by atomic mass is 10.1. The Bertz CT molecular complexity index is 1060. The Morgan fingerprint density at radius 1 is 1.07 bits per heavy atom. The number of piperazine rings is 1. The van der Waals surface area contributed by atoms with Crippen molar-refractivity contribution >= 4 is 17.0 Å². The van der Waals surface area contributed by atoms with E-state index in [2.05, 4.69) is 17.0 Å². The summed E-state index contributed by atoms with van der Waals surface area (Å²) >= 11 is 0. The Hall–Kier alpha value is -3.06. The second kappa shape index (κ2) is 8.75. The zero-order valence-corrected chi connectivity index (χ0v) is 17.4. The molecule has 1 amide bonds. The molecule has 0 aliphatic carbocycles. The van der Waals surface area contributed by atoms with Gasteiger partial charge in [-0.05, 0) is 43.2 Å². The van der Waals surface area contributed by atoms with E-state index in [0.717, 1.165) is 31.8 Å². The predicted molar refractivity (Wildman–Crippen MR) is 115 cm³/mol. The molecule has 7 nitrogen and oxygen atoms in total. The maximum atomic E-state index is 13.0. The molecule has 1 atom stereocenters. The molecular weight excluding hydrogens is 382 g/mol. The summed E-state index contributed by atoms with van der Waals surface area (Å²) in [6.45, 7) is 5.70. The summed E-state index contributed by atoms with van der Waals surface area (Å²) in [5, 5.41) is 0. The number of rotatable bonds is 6. The first-order chi connectivity index (χ1) is 14.6. The Morgan fingerprint density at radius 2 is 1.77 bits per heavy atom. The predicted octanol–water partition coefficient (Wildman–Crippen LogP) is 2.55. The molecule has 7 heteroatoms. The average Bonchev–Trinajstić information content (AvgIpc) is 3.13. The van der Waals surface area contributed by atoms with Crippen LogP contribution >= 0.6 is 0 Å². The molecule has 1 aromatic heterocycles. The minimum absolute atomic E-state index is 0.0431. The number of hydrogen-bond acceptors (Lipinski definition) is 5. The normalized spacial score (nSPS) is 16.0. The van der Waals surface area contributed by atoms with Crippen molar-refractivity contribution in [1.29, 1.82) is 0 Å². The van der Waals surface area contributed by atoms with Gasteiger partial charge in [-0.2, -0.15) is 0 Å². The van der Waals surface area contributed by atoms with E-state index in [0.29, 0.717) is 24.2 Å². The Balaban J connectivity index is 1.33. The summed E-state index contributed by atoms with van der Waals surface area (Å²) in [5.41, 5.74) is 2.43. The average molecular weight is 409 g/mol. The van der Waals surface area contributed by atoms with Crippen molar-refractivity contribution in [2.75, 3.05) is 39.8 Å². The Morgan fingerprint density at radius 3 is 2.47 bits per heavy atom. The van der Waals surface area contributed by atoms with Gasteiger partial charge in [0.15, 0.2) is 5.58 Å². The van der Waals surface area contributed by atoms with Gasteiger partial charge >= 0.3 is 5.76 Å². The van der Waals surface area contributed by atoms with Crippen molar-refractivity contribution in [2.24, 2.45) is 0 Å². The fourth-order valence-electron chi connectivity index (χ4n) is 4.00. The topological polar surface area (TPSA) is 67.9 Å². The van der Waals surface area contributed by atoms with E-state index in [-0.39, 0.29) is 5.91 Å². The van der Waals surface area contributed by atoms with Gasteiger partial charge < -0.3 is 14.1 Å². The first-order valence-corrected chi connectivity index (χ1v) is 10.3. The lowest BCUT2D eigenvalue weighted by Crippen LogP contribution is -2.51. The Labute approximate surface area is 175 Å². The number of methoxy groups -OCH3 is 1. The van der Waals surface area contributed by atoms with Crippen LogP contribution < -0.4 is 10.5 Å². The number of amides is 1. The summed E-state index contributed by atoms with van der Waals surface area (Å²) in [7, 11) is 1.67. The van der Waals surface area contributed by atoms with Crippen molar-refractivity contribution in [2.45, 2.75) is 19.4 Å². The molecular formula is C23H27N3O4. The summed E-state index contributed by atoms with van der Waals surface area (Å²) < 4.78 is 11.9. The van der Waals surface area contributed by atoms with E-state index in [1.807, 2.05) is 29.2 Å². The molecule has 1 saturated heterocycles. The quantitative estimate of drug-likeness (QED) is 0.626. The molecule has 0 bridgehead atoms. The number of para-hydroxylation sites is 2. The first-order valence-electron chi connectivity index (χ1n) is 10.3. The van der Waals surface area contributed by atoms with Gasteiger partial charge in [-0.3, -0.25) is 14.3 Å². The van der Waals surface area contributed by atoms with Crippen molar-refractivity contribution in [3.05, 3.63) is 64.6 Å². The molecule has 0 N–H and O–H groups in total. The van der Waals surface area contributed by atoms with E-state index < -0.39 is 11.8 Å². The highest BCUT2D eigenvalue weighted by Crippen LogP contribution is 2.19. The van der Waals surface area contributed by atoms with Crippen molar-refractivity contribution in [3.8, 4) is 5.75 Å². The van der Waals surface area contributed by atoms with Crippen molar-refractivity contribution in [3.63, 3.8) is 0 Å². The molecule has 1 aliphatic rings. The van der Waals surface area contributed by atoms with E-state index in [1.54, 1.807) is 26.2 Å². The summed E-state index contributed by atoms with van der Waals surface area (Å²) in [4.78, 5) is 29.5. The molecule has 30 heavy (non-hydrogen) atoms. The zero-order valence-electron chi connectivity index (χ0n) is 17.4. The van der Waals surface area contributed by atoms with Crippen LogP contribution in [0.3, 0.4) is 0 Å². The van der Waals surface area contributed by atoms with E-state index in [4.69, 9.17) is 9.15 Å². The first kappa shape index (κ1) is 20.2. The number of benzene rings is 2. The van der Waals surface area contributed by atoms with E-state index in [9.17, 15) is 9.59 Å². The van der Waals surface area contributed by atoms with Crippen molar-refractivity contribution in [1.82, 2.24) is 14.4 Å². The van der Waals surface area contributed by atoms with Crippen LogP contribution in [0.4, 0.5) is 0 Å². The number of aromatic nitrogens is 1. The standard InChI is InChI=1S/C23H27N3O4/c1-17(26-20-5-3-4-6-21(20)30-23(26)28)22(27)25-15-13-24(14-16-25)12-11-18-7-9-19(29-2)10-8-18/h3-10,17H,11-16H2,1-2H3. The maximum Gasteiger partial charge on any atom is 0.420 e. The molecule has 1 unspecified atom stereocenters. The second-order valence-electron chi connectivity index (χ2n) is 7.65. The second-order valence-corrected chi connectivity index (χ2v) is 7.65. The monoisotopic (exact) mass is 409 g/mol. The van der Waals surface area contributed by atoms with Crippen LogP contribution in [0.5, 0.6) is 5.75 Å². The molecule has 1 aliphatic heterocycles. The van der Waals surface area contributed by atoms with Crippen LogP contribution in [0, 0.1) is 0 Å². The van der Waals surface area contributed by atoms with Gasteiger partial charge in [-0.15, -0.1) is 0 Å². The number of hydrogen-bond donors (Lipinski definition) is 0. The van der Waals surface area contributed by atoms with Crippen LogP contribution in [0.1, 0.15) is 18.5 Å². The largest absolute Gasteiger partial charge is 0.497 e. The zero-order chi connectivity index (χ0) is 21.1. The molecule has 2 aromatic carbocycles. The third-order valence-electron chi connectivity index (χ3n) is 5.82. The van der Waals surface area contributed by atoms with E-state index >= 15 is 0 Å². The van der Waals surface area contributed by atoms with E-state index in [1.165, 1.54) is 10.1 Å². The lowest BCUT2D eigenvalue weighted by molar-refractivity contribution is -0.136. The summed E-state index contributed by atoms with van der Waals surface area (Å²) in [5.74, 6) is 0.332. The number of carbonyl (C=O) groups is 1. The van der Waals surface area contributed by atoms with Gasteiger partial charge in [-0.1, -0.05) is 24.3 Å². The number of carbonyl (C=O) groups excluding carboxylic acids is 1. The highest BCUT2D eigenvalue weighted by atomic mass is 16.5. The SMILES string of the molecule is COc1ccc(CCN2CCN(C(=O)C(C)n3c(=O)oc4ccccc43)CC2)cc1. The lowest BCUT2D eigenvalue weighted by Gasteiger charge is -2.36. The molecule has 2 heterocycles. The van der Waals surface area contributed by atoms with Gasteiger partial charge in [-0.25, -0.2) is 4.79 Å². The molecule has 0 saturated carbocycles. The number of fused-ring (bicyclic) bond motifs is 1. The summed E-state index contributed by atoms with van der Waals surface area (Å²) in [6.07, 6.45) is 0.963. The van der Waals surface area contributed by atoms with Gasteiger partial charge in [0, 0.05) is 32.7 Å². The van der Waals surface area contributed by atoms with Crippen molar-refractivity contribution < 1.29 is 13.9 Å². The van der Waals surface area contributed by atoms with Gasteiger partial charge in [0.25, 0.3) is 0 Å². The maximum absolute atomic E-state index is 13.0. The van der Waals surface area contributed by atoms with Gasteiger partial charge in [0.2, 0.25) is 5.91 Å². The number of ether oxygens (including phenoxy) is 1. The number of oxazole rings is 1. The third kappa shape index (κ3) is 4.11. The molecule has 1 fully saturated rings. The van der Waals surface area contributed by atoms with Gasteiger partial charge in [0.05, 0.1) is 12.6 Å². The van der Waals surface area contributed by atoms with Crippen LogP contribution in [0.15, 0.2) is 57.7 Å². The molecule has 3 aromatic rings. The Kier molecular flexibility index (Phi) is 5.90. The third-order valence-corrected chi connectivity index (χ3v) is 5.82.